The zero-order chi connectivity index (χ0) is 15.0. The Balaban J connectivity index is 2.47. The van der Waals surface area contributed by atoms with Gasteiger partial charge in [0, 0.05) is 6.42 Å². The van der Waals surface area contributed by atoms with E-state index in [0.717, 1.165) is 0 Å². The van der Waals surface area contributed by atoms with Crippen LogP contribution in [-0.4, -0.2) is 29.8 Å². The van der Waals surface area contributed by atoms with Crippen molar-refractivity contribution in [3.63, 3.8) is 0 Å². The lowest BCUT2D eigenvalue weighted by Crippen LogP contribution is -2.30. The third-order valence-corrected chi connectivity index (χ3v) is 2.89. The normalized spacial score (nSPS) is 13.3. The van der Waals surface area contributed by atoms with E-state index in [0.29, 0.717) is 12.2 Å². The average Bonchev–Trinajstić information content (AvgIpc) is 2.43. The van der Waals surface area contributed by atoms with Crippen molar-refractivity contribution >= 4 is 11.9 Å². The molecule has 0 amide bonds. The second-order valence-corrected chi connectivity index (χ2v) is 4.50. The first-order chi connectivity index (χ1) is 9.54. The molecule has 5 heteroatoms. The Morgan fingerprint density at radius 3 is 2.45 bits per heavy atom. The highest BCUT2D eigenvalue weighted by atomic mass is 16.5. The summed E-state index contributed by atoms with van der Waals surface area (Å²) in [6.45, 7) is 3.75. The van der Waals surface area contributed by atoms with Crippen molar-refractivity contribution in [1.82, 2.24) is 0 Å². The van der Waals surface area contributed by atoms with Crippen molar-refractivity contribution in [3.05, 3.63) is 30.3 Å². The van der Waals surface area contributed by atoms with Crippen molar-refractivity contribution in [1.29, 1.82) is 0 Å². The van der Waals surface area contributed by atoms with E-state index in [-0.39, 0.29) is 19.1 Å². The molecule has 1 N–H and O–H groups in total. The van der Waals surface area contributed by atoms with E-state index >= 15 is 0 Å². The number of hydrogen-bond donors (Lipinski definition) is 1. The zero-order valence-electron chi connectivity index (χ0n) is 11.7. The molecule has 5 nitrogen and oxygen atoms in total. The van der Waals surface area contributed by atoms with E-state index in [2.05, 4.69) is 0 Å². The van der Waals surface area contributed by atoms with Crippen molar-refractivity contribution < 1.29 is 24.2 Å². The molecular formula is C15H20O5. The maximum Gasteiger partial charge on any atom is 0.320 e. The predicted octanol–water partition coefficient (Wildman–Crippen LogP) is 2.50. The Kier molecular flexibility index (Phi) is 6.56. The van der Waals surface area contributed by atoms with Gasteiger partial charge < -0.3 is 14.6 Å². The minimum atomic E-state index is -1.19. The first-order valence-corrected chi connectivity index (χ1v) is 6.65. The van der Waals surface area contributed by atoms with Crippen molar-refractivity contribution in [2.75, 3.05) is 6.61 Å². The van der Waals surface area contributed by atoms with Gasteiger partial charge in [-0.15, -0.1) is 0 Å². The minimum Gasteiger partial charge on any atom is -0.494 e. The Bertz CT molecular complexity index is 429. The smallest absolute Gasteiger partial charge is 0.320 e. The first kappa shape index (κ1) is 16.0. The van der Waals surface area contributed by atoms with Crippen molar-refractivity contribution in [2.45, 2.75) is 32.8 Å². The number of hydrogen-bond acceptors (Lipinski definition) is 4. The van der Waals surface area contributed by atoms with Crippen LogP contribution in [0.25, 0.3) is 0 Å². The van der Waals surface area contributed by atoms with Gasteiger partial charge in [0.2, 0.25) is 0 Å². The molecule has 20 heavy (non-hydrogen) atoms. The highest BCUT2D eigenvalue weighted by Gasteiger charge is 2.28. The van der Waals surface area contributed by atoms with Crippen LogP contribution in [0.5, 0.6) is 5.75 Å². The molecule has 0 aliphatic rings. The topological polar surface area (TPSA) is 72.8 Å². The molecule has 2 unspecified atom stereocenters. The van der Waals surface area contributed by atoms with Gasteiger partial charge in [-0.25, -0.2) is 0 Å². The number of ether oxygens (including phenoxy) is 2. The van der Waals surface area contributed by atoms with Gasteiger partial charge in [0.25, 0.3) is 0 Å². The summed E-state index contributed by atoms with van der Waals surface area (Å²) in [4.78, 5) is 22.8. The maximum absolute atomic E-state index is 11.7. The molecule has 0 aliphatic carbocycles. The zero-order valence-corrected chi connectivity index (χ0v) is 11.7. The minimum absolute atomic E-state index is 0.0828. The molecule has 0 fully saturated rings. The van der Waals surface area contributed by atoms with E-state index < -0.39 is 17.9 Å². The van der Waals surface area contributed by atoms with Crippen LogP contribution < -0.4 is 4.74 Å². The van der Waals surface area contributed by atoms with Gasteiger partial charge in [0.05, 0.1) is 12.7 Å². The monoisotopic (exact) mass is 280 g/mol. The largest absolute Gasteiger partial charge is 0.494 e. The number of esters is 1. The molecule has 1 aromatic rings. The van der Waals surface area contributed by atoms with Crippen molar-refractivity contribution in [2.24, 2.45) is 5.92 Å². The second-order valence-electron chi connectivity index (χ2n) is 4.50. The SMILES string of the molecule is CCC(C)OC(=O)C(CCOc1ccccc1)C(=O)O. The standard InChI is InChI=1S/C15H20O5/c1-3-11(2)20-15(18)13(14(16)17)9-10-19-12-7-5-4-6-8-12/h4-8,11,13H,3,9-10H2,1-2H3,(H,16,17). The molecule has 0 aliphatic heterocycles. The Hall–Kier alpha value is -2.04. The van der Waals surface area contributed by atoms with Crippen LogP contribution in [0, 0.1) is 5.92 Å². The number of carbonyl (C=O) groups is 2. The summed E-state index contributed by atoms with van der Waals surface area (Å²) >= 11 is 0. The first-order valence-electron chi connectivity index (χ1n) is 6.65. The maximum atomic E-state index is 11.7. The van der Waals surface area contributed by atoms with Gasteiger partial charge in [0.1, 0.15) is 5.75 Å². The van der Waals surface area contributed by atoms with Gasteiger partial charge in [0.15, 0.2) is 5.92 Å². The van der Waals surface area contributed by atoms with E-state index in [1.807, 2.05) is 25.1 Å². The Morgan fingerprint density at radius 2 is 1.90 bits per heavy atom. The number of para-hydroxylation sites is 1. The molecule has 1 rings (SSSR count). The van der Waals surface area contributed by atoms with E-state index in [9.17, 15) is 9.59 Å². The molecule has 0 bridgehead atoms. The van der Waals surface area contributed by atoms with Gasteiger partial charge in [-0.3, -0.25) is 9.59 Å². The van der Waals surface area contributed by atoms with Gasteiger partial charge in [-0.05, 0) is 25.5 Å². The van der Waals surface area contributed by atoms with Crippen LogP contribution in [0.2, 0.25) is 0 Å². The fourth-order valence-corrected chi connectivity index (χ4v) is 1.52. The Morgan fingerprint density at radius 1 is 1.25 bits per heavy atom. The summed E-state index contributed by atoms with van der Waals surface area (Å²) in [6.07, 6.45) is 0.456. The number of aliphatic carboxylic acids is 1. The molecular weight excluding hydrogens is 260 g/mol. The third-order valence-electron chi connectivity index (χ3n) is 2.89. The summed E-state index contributed by atoms with van der Waals surface area (Å²) in [5.41, 5.74) is 0. The summed E-state index contributed by atoms with van der Waals surface area (Å²) in [7, 11) is 0. The van der Waals surface area contributed by atoms with Crippen LogP contribution in [-0.2, 0) is 14.3 Å². The number of benzene rings is 1. The van der Waals surface area contributed by atoms with Gasteiger partial charge in [-0.1, -0.05) is 25.1 Å². The average molecular weight is 280 g/mol. The third kappa shape index (κ3) is 5.30. The number of carboxylic acids is 1. The van der Waals surface area contributed by atoms with Crippen molar-refractivity contribution in [3.8, 4) is 5.75 Å². The number of carboxylic acid groups (broad SMARTS) is 1. The molecule has 0 radical (unpaired) electrons. The summed E-state index contributed by atoms with van der Waals surface area (Å²) in [5, 5.41) is 9.07. The van der Waals surface area contributed by atoms with Crippen LogP contribution in [0.4, 0.5) is 0 Å². The molecule has 2 atom stereocenters. The van der Waals surface area contributed by atoms with Crippen LogP contribution in [0.15, 0.2) is 30.3 Å². The predicted molar refractivity (Wildman–Crippen MR) is 73.5 cm³/mol. The highest BCUT2D eigenvalue weighted by molar-refractivity contribution is 5.93. The quantitative estimate of drug-likeness (QED) is 0.585. The molecule has 1 aromatic carbocycles. The fourth-order valence-electron chi connectivity index (χ4n) is 1.52. The molecule has 0 saturated heterocycles. The Labute approximate surface area is 118 Å². The summed E-state index contributed by atoms with van der Waals surface area (Å²) < 4.78 is 10.4. The van der Waals surface area contributed by atoms with Crippen LogP contribution >= 0.6 is 0 Å². The van der Waals surface area contributed by atoms with E-state index in [1.165, 1.54) is 0 Å². The molecule has 0 spiro atoms. The molecule has 0 heterocycles. The van der Waals surface area contributed by atoms with Crippen LogP contribution in [0.3, 0.4) is 0 Å². The van der Waals surface area contributed by atoms with Crippen LogP contribution in [0.1, 0.15) is 26.7 Å². The lowest BCUT2D eigenvalue weighted by Gasteiger charge is -2.16. The number of carbonyl (C=O) groups excluding carboxylic acids is 1. The fraction of sp³-hybridized carbons (Fsp3) is 0.467. The molecule has 0 saturated carbocycles. The second kappa shape index (κ2) is 8.19. The highest BCUT2D eigenvalue weighted by Crippen LogP contribution is 2.13. The summed E-state index contributed by atoms with van der Waals surface area (Å²) in [5.74, 6) is -2.43. The summed E-state index contributed by atoms with van der Waals surface area (Å²) in [6, 6.07) is 9.04. The lowest BCUT2D eigenvalue weighted by atomic mass is 10.1. The van der Waals surface area contributed by atoms with E-state index in [4.69, 9.17) is 14.6 Å². The van der Waals surface area contributed by atoms with Gasteiger partial charge in [-0.2, -0.15) is 0 Å². The molecule has 0 aromatic heterocycles. The lowest BCUT2D eigenvalue weighted by molar-refractivity contribution is -0.162. The van der Waals surface area contributed by atoms with E-state index in [1.54, 1.807) is 19.1 Å². The van der Waals surface area contributed by atoms with Gasteiger partial charge >= 0.3 is 11.9 Å². The molecule has 110 valence electrons. The number of rotatable bonds is 8.